The maximum Gasteiger partial charge on any atom is 0.191 e. The van der Waals surface area contributed by atoms with Crippen LogP contribution in [0.25, 0.3) is 22.0 Å². The zero-order valence-corrected chi connectivity index (χ0v) is 18.1. The summed E-state index contributed by atoms with van der Waals surface area (Å²) in [6.45, 7) is 6.38. The second kappa shape index (κ2) is 7.58. The second-order valence-corrected chi connectivity index (χ2v) is 9.38. The minimum atomic E-state index is 0.788. The molecule has 0 saturated carbocycles. The van der Waals surface area contributed by atoms with Gasteiger partial charge in [-0.2, -0.15) is 0 Å². The molecular formula is C20H20N4S3. The van der Waals surface area contributed by atoms with Gasteiger partial charge in [0.2, 0.25) is 0 Å². The van der Waals surface area contributed by atoms with Gasteiger partial charge in [0, 0.05) is 39.6 Å². The Morgan fingerprint density at radius 3 is 2.48 bits per heavy atom. The maximum atomic E-state index is 4.78. The first-order valence-electron chi connectivity index (χ1n) is 8.61. The molecule has 0 aliphatic carbocycles. The summed E-state index contributed by atoms with van der Waals surface area (Å²) >= 11 is 5.12. The third-order valence-corrected chi connectivity index (χ3v) is 7.57. The summed E-state index contributed by atoms with van der Waals surface area (Å²) in [6, 6.07) is 8.51. The van der Waals surface area contributed by atoms with Crippen LogP contribution >= 0.6 is 34.4 Å². The van der Waals surface area contributed by atoms with Crippen LogP contribution in [0, 0.1) is 20.8 Å². The van der Waals surface area contributed by atoms with Gasteiger partial charge in [0.15, 0.2) is 11.0 Å². The molecule has 0 atom stereocenters. The Morgan fingerprint density at radius 2 is 1.78 bits per heavy atom. The third kappa shape index (κ3) is 3.72. The van der Waals surface area contributed by atoms with Crippen LogP contribution in [0.3, 0.4) is 0 Å². The van der Waals surface area contributed by atoms with Gasteiger partial charge >= 0.3 is 0 Å². The van der Waals surface area contributed by atoms with Gasteiger partial charge in [-0.25, -0.2) is 4.98 Å². The molecule has 0 radical (unpaired) electrons. The zero-order chi connectivity index (χ0) is 19.0. The fourth-order valence-electron chi connectivity index (χ4n) is 2.75. The maximum absolute atomic E-state index is 4.78. The Morgan fingerprint density at radius 1 is 1.00 bits per heavy atom. The van der Waals surface area contributed by atoms with Crippen molar-refractivity contribution < 1.29 is 0 Å². The highest BCUT2D eigenvalue weighted by molar-refractivity contribution is 7.98. The normalized spacial score (nSPS) is 11.3. The third-order valence-electron chi connectivity index (χ3n) is 4.56. The van der Waals surface area contributed by atoms with E-state index in [0.717, 1.165) is 27.4 Å². The number of benzene rings is 1. The predicted octanol–water partition coefficient (Wildman–Crippen LogP) is 5.88. The Balaban J connectivity index is 1.48. The molecule has 4 aromatic rings. The molecule has 138 valence electrons. The Kier molecular flexibility index (Phi) is 5.16. The molecule has 0 saturated heterocycles. The van der Waals surface area contributed by atoms with Crippen molar-refractivity contribution in [3.8, 4) is 22.0 Å². The summed E-state index contributed by atoms with van der Waals surface area (Å²) < 4.78 is 2.08. The summed E-state index contributed by atoms with van der Waals surface area (Å²) in [5.41, 5.74) is 5.97. The number of aryl methyl sites for hydroxylation is 2. The van der Waals surface area contributed by atoms with Gasteiger partial charge in [0.25, 0.3) is 0 Å². The van der Waals surface area contributed by atoms with Crippen molar-refractivity contribution in [2.75, 3.05) is 0 Å². The van der Waals surface area contributed by atoms with E-state index >= 15 is 0 Å². The number of rotatable bonds is 5. The van der Waals surface area contributed by atoms with Crippen LogP contribution in [0.15, 0.2) is 40.2 Å². The zero-order valence-electron chi connectivity index (χ0n) is 15.7. The number of thioether (sulfide) groups is 1. The highest BCUT2D eigenvalue weighted by Gasteiger charge is 2.16. The van der Waals surface area contributed by atoms with Crippen LogP contribution < -0.4 is 0 Å². The molecule has 0 aliphatic rings. The molecule has 3 heterocycles. The SMILES string of the molecule is Cc1ccc(-c2nc(CSc3nnc(-c4csc(C)c4C)n3C)cs2)cc1. The van der Waals surface area contributed by atoms with Gasteiger partial charge in [-0.15, -0.1) is 32.9 Å². The van der Waals surface area contributed by atoms with E-state index in [0.29, 0.717) is 0 Å². The average molecular weight is 413 g/mol. The lowest BCUT2D eigenvalue weighted by molar-refractivity contribution is 0.793. The van der Waals surface area contributed by atoms with Crippen molar-refractivity contribution >= 4 is 34.4 Å². The monoisotopic (exact) mass is 412 g/mol. The van der Waals surface area contributed by atoms with Crippen LogP contribution in [-0.4, -0.2) is 19.7 Å². The van der Waals surface area contributed by atoms with E-state index in [1.54, 1.807) is 34.4 Å². The molecule has 0 amide bonds. The van der Waals surface area contributed by atoms with Gasteiger partial charge in [-0.05, 0) is 26.3 Å². The van der Waals surface area contributed by atoms with E-state index in [1.165, 1.54) is 27.1 Å². The Hall–Kier alpha value is -1.96. The highest BCUT2D eigenvalue weighted by Crippen LogP contribution is 2.32. The Bertz CT molecular complexity index is 1070. The quantitative estimate of drug-likeness (QED) is 0.384. The largest absolute Gasteiger partial charge is 0.305 e. The van der Waals surface area contributed by atoms with Gasteiger partial charge in [-0.1, -0.05) is 41.6 Å². The van der Waals surface area contributed by atoms with Crippen molar-refractivity contribution in [3.05, 3.63) is 56.7 Å². The van der Waals surface area contributed by atoms with E-state index in [1.807, 2.05) is 7.05 Å². The molecule has 1 aromatic carbocycles. The van der Waals surface area contributed by atoms with Gasteiger partial charge in [0.05, 0.1) is 5.69 Å². The second-order valence-electron chi connectivity index (χ2n) is 6.49. The average Bonchev–Trinajstić information content (AvgIpc) is 3.35. The van der Waals surface area contributed by atoms with Crippen molar-refractivity contribution in [3.63, 3.8) is 0 Å². The van der Waals surface area contributed by atoms with E-state index in [2.05, 4.69) is 70.6 Å². The molecule has 4 nitrogen and oxygen atoms in total. The summed E-state index contributed by atoms with van der Waals surface area (Å²) in [5.74, 6) is 1.72. The van der Waals surface area contributed by atoms with E-state index < -0.39 is 0 Å². The van der Waals surface area contributed by atoms with Crippen molar-refractivity contribution in [2.24, 2.45) is 7.05 Å². The molecule has 0 fully saturated rings. The van der Waals surface area contributed by atoms with E-state index in [-0.39, 0.29) is 0 Å². The molecule has 0 aliphatic heterocycles. The highest BCUT2D eigenvalue weighted by atomic mass is 32.2. The minimum absolute atomic E-state index is 0.788. The topological polar surface area (TPSA) is 43.6 Å². The van der Waals surface area contributed by atoms with Gasteiger partial charge in [-0.3, -0.25) is 0 Å². The van der Waals surface area contributed by atoms with Crippen LogP contribution in [0.4, 0.5) is 0 Å². The van der Waals surface area contributed by atoms with Gasteiger partial charge in [0.1, 0.15) is 5.01 Å². The first-order valence-corrected chi connectivity index (χ1v) is 11.4. The molecule has 3 aromatic heterocycles. The minimum Gasteiger partial charge on any atom is -0.305 e. The number of thiophene rings is 1. The molecule has 0 spiro atoms. The lowest BCUT2D eigenvalue weighted by Gasteiger charge is -2.03. The van der Waals surface area contributed by atoms with E-state index in [9.17, 15) is 0 Å². The van der Waals surface area contributed by atoms with Crippen LogP contribution in [0.1, 0.15) is 21.7 Å². The molecule has 7 heteroatoms. The fraction of sp³-hybridized carbons (Fsp3) is 0.250. The van der Waals surface area contributed by atoms with Crippen LogP contribution in [0.5, 0.6) is 0 Å². The first-order chi connectivity index (χ1) is 13.0. The van der Waals surface area contributed by atoms with Crippen LogP contribution in [-0.2, 0) is 12.8 Å². The standard InChI is InChI=1S/C20H20N4S3/c1-12-5-7-15(8-6-12)19-21-16(9-26-19)10-27-20-23-22-18(24(20)4)17-11-25-14(3)13(17)2/h5-9,11H,10H2,1-4H3. The predicted molar refractivity (Wildman–Crippen MR) is 116 cm³/mol. The molecule has 0 N–H and O–H groups in total. The van der Waals surface area contributed by atoms with E-state index in [4.69, 9.17) is 4.98 Å². The molecule has 4 rings (SSSR count). The Labute approximate surface area is 171 Å². The number of aromatic nitrogens is 4. The van der Waals surface area contributed by atoms with Crippen molar-refractivity contribution in [1.82, 2.24) is 19.7 Å². The number of nitrogens with zero attached hydrogens (tertiary/aromatic N) is 4. The van der Waals surface area contributed by atoms with Crippen molar-refractivity contribution in [1.29, 1.82) is 0 Å². The number of thiazole rings is 1. The van der Waals surface area contributed by atoms with Gasteiger partial charge < -0.3 is 4.57 Å². The summed E-state index contributed by atoms with van der Waals surface area (Å²) in [5, 5.41) is 15.1. The summed E-state index contributed by atoms with van der Waals surface area (Å²) in [4.78, 5) is 6.11. The molecular weight excluding hydrogens is 392 g/mol. The first kappa shape index (κ1) is 18.4. The van der Waals surface area contributed by atoms with Crippen LogP contribution in [0.2, 0.25) is 0 Å². The fourth-order valence-corrected chi connectivity index (χ4v) is 5.35. The summed E-state index contributed by atoms with van der Waals surface area (Å²) in [7, 11) is 2.03. The lowest BCUT2D eigenvalue weighted by atomic mass is 10.2. The molecule has 0 unspecified atom stereocenters. The molecule has 27 heavy (non-hydrogen) atoms. The smallest absolute Gasteiger partial charge is 0.191 e. The van der Waals surface area contributed by atoms with Crippen molar-refractivity contribution in [2.45, 2.75) is 31.7 Å². The molecule has 0 bridgehead atoms. The number of hydrogen-bond acceptors (Lipinski definition) is 6. The lowest BCUT2D eigenvalue weighted by Crippen LogP contribution is -1.95. The summed E-state index contributed by atoms with van der Waals surface area (Å²) in [6.07, 6.45) is 0. The number of hydrogen-bond donors (Lipinski definition) is 0.